The minimum absolute atomic E-state index is 0.505. The van der Waals surface area contributed by atoms with Crippen LogP contribution in [0.25, 0.3) is 0 Å². The van der Waals surface area contributed by atoms with E-state index in [9.17, 15) is 4.79 Å². The molecular weight excluding hydrogens is 238 g/mol. The highest BCUT2D eigenvalue weighted by Gasteiger charge is 2.26. The van der Waals surface area contributed by atoms with E-state index in [0.717, 1.165) is 36.6 Å². The van der Waals surface area contributed by atoms with Crippen LogP contribution in [0.1, 0.15) is 42.6 Å². The first-order chi connectivity index (χ1) is 9.13. The molecule has 0 spiro atoms. The molecule has 0 radical (unpaired) electrons. The minimum atomic E-state index is 0.505. The largest absolute Gasteiger partial charge is 0.496 e. The molecule has 1 aliphatic rings. The average molecular weight is 261 g/mol. The Morgan fingerprint density at radius 3 is 2.68 bits per heavy atom. The van der Waals surface area contributed by atoms with Gasteiger partial charge in [0.2, 0.25) is 0 Å². The molecule has 0 N–H and O–H groups in total. The van der Waals surface area contributed by atoms with E-state index in [1.807, 2.05) is 12.1 Å². The van der Waals surface area contributed by atoms with E-state index >= 15 is 0 Å². The van der Waals surface area contributed by atoms with Gasteiger partial charge in [0.15, 0.2) is 0 Å². The predicted octanol–water partition coefficient (Wildman–Crippen LogP) is 3.13. The molecule has 0 bridgehead atoms. The molecule has 1 fully saturated rings. The molecule has 19 heavy (non-hydrogen) atoms. The average Bonchev–Trinajstić information content (AvgIpc) is 3.21. The number of hydrogen-bond acceptors (Lipinski definition) is 3. The monoisotopic (exact) mass is 261 g/mol. The van der Waals surface area contributed by atoms with Crippen LogP contribution in [0.5, 0.6) is 5.75 Å². The third-order valence-electron chi connectivity index (χ3n) is 3.73. The van der Waals surface area contributed by atoms with E-state index in [1.165, 1.54) is 12.8 Å². The molecule has 0 saturated heterocycles. The highest BCUT2D eigenvalue weighted by Crippen LogP contribution is 2.31. The molecular formula is C16H23NO2. The summed E-state index contributed by atoms with van der Waals surface area (Å²) in [6.07, 6.45) is 3.60. The van der Waals surface area contributed by atoms with Gasteiger partial charge in [-0.15, -0.1) is 0 Å². The van der Waals surface area contributed by atoms with E-state index < -0.39 is 0 Å². The first-order valence-electron chi connectivity index (χ1n) is 7.00. The predicted molar refractivity (Wildman–Crippen MR) is 76.7 cm³/mol. The van der Waals surface area contributed by atoms with Gasteiger partial charge in [-0.05, 0) is 50.8 Å². The van der Waals surface area contributed by atoms with E-state index in [1.54, 1.807) is 13.2 Å². The zero-order valence-electron chi connectivity index (χ0n) is 12.1. The molecule has 0 aromatic heterocycles. The summed E-state index contributed by atoms with van der Waals surface area (Å²) >= 11 is 0. The van der Waals surface area contributed by atoms with Crippen molar-refractivity contribution in [2.45, 2.75) is 39.3 Å². The van der Waals surface area contributed by atoms with Crippen LogP contribution in [-0.2, 0) is 6.54 Å². The number of rotatable bonds is 7. The summed E-state index contributed by atoms with van der Waals surface area (Å²) < 4.78 is 5.40. The van der Waals surface area contributed by atoms with Crippen LogP contribution in [0.2, 0.25) is 0 Å². The number of benzene rings is 1. The number of nitrogens with zero attached hydrogens (tertiary/aromatic N) is 1. The smallest absolute Gasteiger partial charge is 0.150 e. The molecule has 0 atom stereocenters. The molecule has 0 heterocycles. The summed E-state index contributed by atoms with van der Waals surface area (Å²) in [7, 11) is 1.68. The van der Waals surface area contributed by atoms with Gasteiger partial charge in [0, 0.05) is 30.3 Å². The minimum Gasteiger partial charge on any atom is -0.496 e. The summed E-state index contributed by atoms with van der Waals surface area (Å²) in [5.41, 5.74) is 1.81. The van der Waals surface area contributed by atoms with Crippen LogP contribution in [-0.4, -0.2) is 30.9 Å². The number of methoxy groups -OCH3 is 1. The summed E-state index contributed by atoms with van der Waals surface area (Å²) in [6.45, 7) is 6.43. The molecule has 0 amide bonds. The molecule has 1 aromatic rings. The number of hydrogen-bond donors (Lipinski definition) is 0. The number of ether oxygens (including phenoxy) is 1. The normalized spacial score (nSPS) is 15.0. The third kappa shape index (κ3) is 3.80. The third-order valence-corrected chi connectivity index (χ3v) is 3.73. The summed E-state index contributed by atoms with van der Waals surface area (Å²) in [4.78, 5) is 13.4. The maximum atomic E-state index is 10.9. The van der Waals surface area contributed by atoms with Crippen molar-refractivity contribution in [2.24, 2.45) is 5.92 Å². The molecule has 2 rings (SSSR count). The van der Waals surface area contributed by atoms with Gasteiger partial charge in [0.25, 0.3) is 0 Å². The molecule has 3 heteroatoms. The van der Waals surface area contributed by atoms with Crippen LogP contribution in [0.15, 0.2) is 18.2 Å². The van der Waals surface area contributed by atoms with Gasteiger partial charge in [-0.2, -0.15) is 0 Å². The lowest BCUT2D eigenvalue weighted by Crippen LogP contribution is -2.32. The highest BCUT2D eigenvalue weighted by atomic mass is 16.5. The fourth-order valence-corrected chi connectivity index (χ4v) is 2.30. The van der Waals surface area contributed by atoms with Crippen molar-refractivity contribution in [3.05, 3.63) is 29.3 Å². The quantitative estimate of drug-likeness (QED) is 0.706. The van der Waals surface area contributed by atoms with Gasteiger partial charge in [0.05, 0.1) is 7.11 Å². The summed E-state index contributed by atoms with van der Waals surface area (Å²) in [5, 5.41) is 0. The number of aldehydes is 1. The molecule has 3 nitrogen and oxygen atoms in total. The fourth-order valence-electron chi connectivity index (χ4n) is 2.30. The van der Waals surface area contributed by atoms with E-state index in [2.05, 4.69) is 18.7 Å². The Labute approximate surface area is 115 Å². The van der Waals surface area contributed by atoms with Crippen LogP contribution in [0, 0.1) is 5.92 Å². The van der Waals surface area contributed by atoms with Gasteiger partial charge in [0.1, 0.15) is 12.0 Å². The van der Waals surface area contributed by atoms with Crippen molar-refractivity contribution in [3.8, 4) is 5.75 Å². The molecule has 1 aromatic carbocycles. The molecule has 0 aliphatic heterocycles. The van der Waals surface area contributed by atoms with Crippen molar-refractivity contribution in [2.75, 3.05) is 13.7 Å². The second-order valence-corrected chi connectivity index (χ2v) is 5.66. The molecule has 0 unspecified atom stereocenters. The summed E-state index contributed by atoms with van der Waals surface area (Å²) in [6, 6.07) is 6.13. The van der Waals surface area contributed by atoms with Gasteiger partial charge in [-0.1, -0.05) is 0 Å². The van der Waals surface area contributed by atoms with Gasteiger partial charge in [-0.25, -0.2) is 0 Å². The number of carbonyl (C=O) groups excluding carboxylic acids is 1. The van der Waals surface area contributed by atoms with E-state index in [4.69, 9.17) is 4.74 Å². The fraction of sp³-hybridized carbons (Fsp3) is 0.562. The van der Waals surface area contributed by atoms with Gasteiger partial charge >= 0.3 is 0 Å². The highest BCUT2D eigenvalue weighted by molar-refractivity contribution is 5.75. The lowest BCUT2D eigenvalue weighted by Gasteiger charge is -2.27. The molecule has 1 aliphatic carbocycles. The maximum absolute atomic E-state index is 10.9. The topological polar surface area (TPSA) is 29.5 Å². The zero-order valence-corrected chi connectivity index (χ0v) is 12.1. The van der Waals surface area contributed by atoms with Crippen LogP contribution < -0.4 is 4.74 Å². The Morgan fingerprint density at radius 2 is 2.16 bits per heavy atom. The maximum Gasteiger partial charge on any atom is 0.150 e. The summed E-state index contributed by atoms with van der Waals surface area (Å²) in [5.74, 6) is 1.73. The lowest BCUT2D eigenvalue weighted by molar-refractivity contribution is 0.112. The van der Waals surface area contributed by atoms with Crippen molar-refractivity contribution in [1.82, 2.24) is 4.90 Å². The Hall–Kier alpha value is -1.35. The second-order valence-electron chi connectivity index (χ2n) is 5.66. The van der Waals surface area contributed by atoms with Crippen LogP contribution in [0.3, 0.4) is 0 Å². The molecule has 104 valence electrons. The van der Waals surface area contributed by atoms with Crippen molar-refractivity contribution in [3.63, 3.8) is 0 Å². The standard InChI is InChI=1S/C16H23NO2/c1-12(2)17(9-13-4-5-13)10-15-8-14(11-18)6-7-16(15)19-3/h6-8,11-13H,4-5,9-10H2,1-3H3. The Bertz CT molecular complexity index is 438. The van der Waals surface area contributed by atoms with E-state index in [0.29, 0.717) is 11.6 Å². The van der Waals surface area contributed by atoms with Gasteiger partial charge < -0.3 is 4.74 Å². The number of carbonyl (C=O) groups is 1. The SMILES string of the molecule is COc1ccc(C=O)cc1CN(CC1CC1)C(C)C. The van der Waals surface area contributed by atoms with Gasteiger partial charge in [-0.3, -0.25) is 9.69 Å². The van der Waals surface area contributed by atoms with Crippen LogP contribution >= 0.6 is 0 Å². The van der Waals surface area contributed by atoms with Crippen molar-refractivity contribution in [1.29, 1.82) is 0 Å². The Balaban J connectivity index is 2.15. The van der Waals surface area contributed by atoms with Crippen LogP contribution in [0.4, 0.5) is 0 Å². The Morgan fingerprint density at radius 1 is 1.42 bits per heavy atom. The van der Waals surface area contributed by atoms with E-state index in [-0.39, 0.29) is 0 Å². The van der Waals surface area contributed by atoms with Crippen molar-refractivity contribution < 1.29 is 9.53 Å². The first-order valence-corrected chi connectivity index (χ1v) is 7.00. The Kier molecular flexibility index (Phi) is 4.59. The molecule has 1 saturated carbocycles. The second kappa shape index (κ2) is 6.20. The lowest BCUT2D eigenvalue weighted by atomic mass is 10.1. The zero-order chi connectivity index (χ0) is 13.8. The van der Waals surface area contributed by atoms with Crippen molar-refractivity contribution >= 4 is 6.29 Å². The first kappa shape index (κ1) is 14.1.